The summed E-state index contributed by atoms with van der Waals surface area (Å²) in [6.07, 6.45) is 5.70. The molecule has 0 saturated carbocycles. The molecule has 5 rings (SSSR count). The van der Waals surface area contributed by atoms with Crippen molar-refractivity contribution in [3.63, 3.8) is 0 Å². The number of hydrogen-bond donors (Lipinski definition) is 1. The molecule has 0 bridgehead atoms. The number of nitrogen functional groups attached to an aromatic ring is 1. The van der Waals surface area contributed by atoms with E-state index in [0.717, 1.165) is 27.5 Å². The summed E-state index contributed by atoms with van der Waals surface area (Å²) < 4.78 is 9.99. The summed E-state index contributed by atoms with van der Waals surface area (Å²) in [6.45, 7) is 6.66. The highest BCUT2D eigenvalue weighted by Gasteiger charge is 2.33. The minimum atomic E-state index is -0.543. The lowest BCUT2D eigenvalue weighted by Crippen LogP contribution is -2.35. The van der Waals surface area contributed by atoms with Gasteiger partial charge in [0.25, 0.3) is 0 Å². The van der Waals surface area contributed by atoms with Gasteiger partial charge in [0.05, 0.1) is 26.9 Å². The zero-order valence-electron chi connectivity index (χ0n) is 19.1. The summed E-state index contributed by atoms with van der Waals surface area (Å²) in [5, 5.41) is 9.77. The Morgan fingerprint density at radius 3 is 2.88 bits per heavy atom. The smallest absolute Gasteiger partial charge is 0.410 e. The first-order valence-electron chi connectivity index (χ1n) is 10.9. The van der Waals surface area contributed by atoms with Crippen molar-refractivity contribution in [1.29, 1.82) is 0 Å². The molecule has 1 amide bonds. The Morgan fingerprint density at radius 1 is 1.26 bits per heavy atom. The maximum atomic E-state index is 12.6. The number of likely N-dealkylation sites (tertiary alicyclic amines) is 1. The number of fused-ring (bicyclic) bond motifs is 2. The third-order valence-corrected chi connectivity index (χ3v) is 6.17. The zero-order valence-corrected chi connectivity index (χ0v) is 20.7. The Balaban J connectivity index is 1.51. The van der Waals surface area contributed by atoms with Gasteiger partial charge < -0.3 is 15.4 Å². The molecule has 34 heavy (non-hydrogen) atoms. The number of rotatable bonds is 1. The van der Waals surface area contributed by atoms with Gasteiger partial charge in [-0.2, -0.15) is 10.2 Å². The monoisotopic (exact) mass is 521 g/mol. The first-order chi connectivity index (χ1) is 16.2. The molecule has 1 atom stereocenters. The van der Waals surface area contributed by atoms with Crippen LogP contribution in [0.15, 0.2) is 41.3 Å². The van der Waals surface area contributed by atoms with Crippen molar-refractivity contribution >= 4 is 44.3 Å². The summed E-state index contributed by atoms with van der Waals surface area (Å²) in [6, 6.07) is 5.79. The molecule has 1 aliphatic rings. The van der Waals surface area contributed by atoms with Crippen molar-refractivity contribution in [2.45, 2.75) is 38.8 Å². The number of pyridine rings is 2. The summed E-state index contributed by atoms with van der Waals surface area (Å²) in [7, 11) is 0. The topological polar surface area (TPSA) is 104 Å². The van der Waals surface area contributed by atoms with Crippen LogP contribution in [-0.4, -0.2) is 54.1 Å². The highest BCUT2D eigenvalue weighted by molar-refractivity contribution is 9.10. The van der Waals surface area contributed by atoms with Crippen LogP contribution < -0.4 is 5.73 Å². The fourth-order valence-corrected chi connectivity index (χ4v) is 4.55. The number of nitrogens with two attached hydrogens (primary N) is 1. The van der Waals surface area contributed by atoms with Crippen LogP contribution in [0.5, 0.6) is 0 Å². The first-order valence-corrected chi connectivity index (χ1v) is 11.7. The molecule has 4 aromatic rings. The van der Waals surface area contributed by atoms with Crippen LogP contribution in [0, 0.1) is 11.8 Å². The maximum Gasteiger partial charge on any atom is 0.410 e. The Kier molecular flexibility index (Phi) is 5.44. The number of aromatic nitrogens is 5. The molecule has 4 aromatic heterocycles. The minimum absolute atomic E-state index is 0.0379. The second-order valence-electron chi connectivity index (χ2n) is 9.25. The first kappa shape index (κ1) is 22.2. The third-order valence-electron chi connectivity index (χ3n) is 5.59. The maximum absolute atomic E-state index is 12.6. The number of hydrogen-bond acceptors (Lipinski definition) is 6. The molecule has 174 valence electrons. The fraction of sp³-hybridized carbons (Fsp3) is 0.333. The normalized spacial score (nSPS) is 16.1. The van der Waals surface area contributed by atoms with E-state index in [1.165, 1.54) is 0 Å². The lowest BCUT2D eigenvalue weighted by molar-refractivity contribution is 0.0288. The molecule has 1 saturated heterocycles. The molecule has 0 unspecified atom stereocenters. The Labute approximate surface area is 205 Å². The summed E-state index contributed by atoms with van der Waals surface area (Å²) >= 11 is 3.60. The van der Waals surface area contributed by atoms with Gasteiger partial charge in [0.1, 0.15) is 17.1 Å². The van der Waals surface area contributed by atoms with Gasteiger partial charge in [-0.25, -0.2) is 14.3 Å². The van der Waals surface area contributed by atoms with E-state index in [4.69, 9.17) is 15.6 Å². The number of amides is 1. The molecular weight excluding hydrogens is 498 g/mol. The molecule has 5 heterocycles. The number of ether oxygens (including phenoxy) is 1. The molecule has 0 radical (unpaired) electrons. The van der Waals surface area contributed by atoms with Crippen molar-refractivity contribution in [3.05, 3.63) is 52.5 Å². The lowest BCUT2D eigenvalue weighted by Gasteiger charge is -2.24. The lowest BCUT2D eigenvalue weighted by atomic mass is 10.2. The van der Waals surface area contributed by atoms with E-state index in [9.17, 15) is 4.79 Å². The molecule has 0 spiro atoms. The standard InChI is InChI=1S/C24H24BrN7O2/c1-24(2,3)34-23(33)30-11-9-17(14-30)32-21-18(25)12-27-22(26)20(21)19(29-32)7-5-15-4-6-16-8-10-28-31(16)13-15/h4,6,8,10,12-13,17H,9,11,14H2,1-3H3,(H2,26,27)/t17-/m0/s1. The third kappa shape index (κ3) is 4.19. The van der Waals surface area contributed by atoms with E-state index in [0.29, 0.717) is 30.0 Å². The highest BCUT2D eigenvalue weighted by Crippen LogP contribution is 2.34. The van der Waals surface area contributed by atoms with Crippen molar-refractivity contribution < 1.29 is 9.53 Å². The largest absolute Gasteiger partial charge is 0.444 e. The minimum Gasteiger partial charge on any atom is -0.444 e. The highest BCUT2D eigenvalue weighted by atomic mass is 79.9. The van der Waals surface area contributed by atoms with Crippen LogP contribution >= 0.6 is 15.9 Å². The fourth-order valence-electron chi connectivity index (χ4n) is 4.06. The van der Waals surface area contributed by atoms with E-state index in [2.05, 4.69) is 37.9 Å². The van der Waals surface area contributed by atoms with Gasteiger partial charge in [0.2, 0.25) is 0 Å². The van der Waals surface area contributed by atoms with E-state index in [1.54, 1.807) is 21.8 Å². The van der Waals surface area contributed by atoms with E-state index < -0.39 is 5.60 Å². The average molecular weight is 522 g/mol. The average Bonchev–Trinajstić information content (AvgIpc) is 3.51. The molecule has 0 aliphatic carbocycles. The van der Waals surface area contributed by atoms with Crippen molar-refractivity contribution in [3.8, 4) is 11.8 Å². The van der Waals surface area contributed by atoms with Gasteiger partial charge in [-0.1, -0.05) is 5.92 Å². The number of anilines is 1. The SMILES string of the molecule is CC(C)(C)OC(=O)N1CC[C@H](n2nc(C#Cc3ccc4ccnn4c3)c3c(N)ncc(Br)c32)C1. The van der Waals surface area contributed by atoms with E-state index in [-0.39, 0.29) is 12.1 Å². The van der Waals surface area contributed by atoms with E-state index in [1.807, 2.05) is 49.8 Å². The molecule has 1 aliphatic heterocycles. The van der Waals surface area contributed by atoms with Crippen molar-refractivity contribution in [2.24, 2.45) is 0 Å². The molecule has 2 N–H and O–H groups in total. The van der Waals surface area contributed by atoms with Crippen LogP contribution in [0.3, 0.4) is 0 Å². The number of carbonyl (C=O) groups is 1. The molecule has 10 heteroatoms. The predicted octanol–water partition coefficient (Wildman–Crippen LogP) is 4.01. The molecule has 1 fully saturated rings. The molecular formula is C24H24BrN7O2. The summed E-state index contributed by atoms with van der Waals surface area (Å²) in [5.74, 6) is 6.70. The second-order valence-corrected chi connectivity index (χ2v) is 10.1. The molecule has 0 aromatic carbocycles. The van der Waals surface area contributed by atoms with Crippen LogP contribution in [0.1, 0.15) is 44.5 Å². The zero-order chi connectivity index (χ0) is 24.0. The predicted molar refractivity (Wildman–Crippen MR) is 132 cm³/mol. The van der Waals surface area contributed by atoms with Crippen LogP contribution in [0.2, 0.25) is 0 Å². The quantitative estimate of drug-likeness (QED) is 0.379. The van der Waals surface area contributed by atoms with Crippen LogP contribution in [0.25, 0.3) is 16.4 Å². The van der Waals surface area contributed by atoms with Crippen LogP contribution in [-0.2, 0) is 4.74 Å². The van der Waals surface area contributed by atoms with Gasteiger partial charge in [0, 0.05) is 37.2 Å². The van der Waals surface area contributed by atoms with Crippen molar-refractivity contribution in [1.82, 2.24) is 29.3 Å². The Bertz CT molecular complexity index is 1470. The van der Waals surface area contributed by atoms with Gasteiger partial charge in [-0.3, -0.25) is 4.68 Å². The summed E-state index contributed by atoms with van der Waals surface area (Å²) in [4.78, 5) is 18.6. The number of halogens is 1. The summed E-state index contributed by atoms with van der Waals surface area (Å²) in [5.41, 5.74) is 8.87. The Morgan fingerprint density at radius 2 is 2.09 bits per heavy atom. The van der Waals surface area contributed by atoms with E-state index >= 15 is 0 Å². The number of nitrogens with zero attached hydrogens (tertiary/aromatic N) is 6. The number of carbonyl (C=O) groups excluding carboxylic acids is 1. The van der Waals surface area contributed by atoms with Crippen molar-refractivity contribution in [2.75, 3.05) is 18.8 Å². The van der Waals surface area contributed by atoms with Gasteiger partial charge >= 0.3 is 6.09 Å². The second kappa shape index (κ2) is 8.33. The van der Waals surface area contributed by atoms with Crippen LogP contribution in [0.4, 0.5) is 10.6 Å². The Hall–Kier alpha value is -3.58. The van der Waals surface area contributed by atoms with Gasteiger partial charge in [-0.15, -0.1) is 0 Å². The van der Waals surface area contributed by atoms with Gasteiger partial charge in [-0.05, 0) is 67.2 Å². The molecule has 9 nitrogen and oxygen atoms in total. The van der Waals surface area contributed by atoms with Gasteiger partial charge in [0.15, 0.2) is 0 Å².